The molecule has 1 aliphatic heterocycles. The molecule has 0 radical (unpaired) electrons. The minimum atomic E-state index is -0.854. The average Bonchev–Trinajstić information content (AvgIpc) is 2.66. The van der Waals surface area contributed by atoms with Gasteiger partial charge in [-0.2, -0.15) is 0 Å². The molecule has 0 spiro atoms. The van der Waals surface area contributed by atoms with Crippen molar-refractivity contribution in [3.05, 3.63) is 0 Å². The number of carboxylic acids is 1. The van der Waals surface area contributed by atoms with E-state index in [1.54, 1.807) is 0 Å². The average molecular weight is 227 g/mol. The van der Waals surface area contributed by atoms with Gasteiger partial charge < -0.3 is 15.2 Å². The fourth-order valence-electron chi connectivity index (χ4n) is 2.37. The molecule has 0 aromatic rings. The van der Waals surface area contributed by atoms with Crippen LogP contribution in [-0.2, 0) is 14.3 Å². The van der Waals surface area contributed by atoms with Gasteiger partial charge in [0.25, 0.3) is 0 Å². The lowest BCUT2D eigenvalue weighted by Crippen LogP contribution is -2.56. The minimum Gasteiger partial charge on any atom is -0.481 e. The fraction of sp³-hybridized carbons (Fsp3) is 0.818. The molecule has 0 aromatic carbocycles. The molecule has 1 aliphatic carbocycles. The van der Waals surface area contributed by atoms with Crippen LogP contribution in [0.1, 0.15) is 38.5 Å². The number of amides is 1. The lowest BCUT2D eigenvalue weighted by Gasteiger charge is -2.41. The maximum atomic E-state index is 11.8. The van der Waals surface area contributed by atoms with Crippen LogP contribution in [0.15, 0.2) is 0 Å². The Bertz CT molecular complexity index is 292. The lowest BCUT2D eigenvalue weighted by molar-refractivity contribution is -0.141. The van der Waals surface area contributed by atoms with Crippen molar-refractivity contribution in [2.75, 3.05) is 6.61 Å². The number of rotatable bonds is 4. The molecule has 1 amide bonds. The molecule has 0 bridgehead atoms. The van der Waals surface area contributed by atoms with Gasteiger partial charge >= 0.3 is 5.97 Å². The summed E-state index contributed by atoms with van der Waals surface area (Å²) >= 11 is 0. The number of aliphatic carboxylic acids is 1. The molecule has 5 nitrogen and oxygen atoms in total. The molecule has 5 heteroatoms. The zero-order valence-corrected chi connectivity index (χ0v) is 9.20. The predicted octanol–water partition coefficient (Wildman–Crippen LogP) is 0.679. The van der Waals surface area contributed by atoms with Crippen molar-refractivity contribution in [2.24, 2.45) is 0 Å². The van der Waals surface area contributed by atoms with Gasteiger partial charge in [0.15, 0.2) is 0 Å². The van der Waals surface area contributed by atoms with Crippen LogP contribution < -0.4 is 5.32 Å². The van der Waals surface area contributed by atoms with Gasteiger partial charge in [-0.1, -0.05) is 0 Å². The monoisotopic (exact) mass is 227 g/mol. The van der Waals surface area contributed by atoms with E-state index in [4.69, 9.17) is 9.84 Å². The van der Waals surface area contributed by atoms with E-state index in [1.165, 1.54) is 0 Å². The molecular weight excluding hydrogens is 210 g/mol. The van der Waals surface area contributed by atoms with Crippen molar-refractivity contribution in [1.82, 2.24) is 5.32 Å². The van der Waals surface area contributed by atoms with Crippen LogP contribution in [0.25, 0.3) is 0 Å². The Kier molecular flexibility index (Phi) is 3.14. The van der Waals surface area contributed by atoms with Crippen LogP contribution >= 0.6 is 0 Å². The van der Waals surface area contributed by atoms with Crippen molar-refractivity contribution in [3.63, 3.8) is 0 Å². The second-order valence-electron chi connectivity index (χ2n) is 4.70. The van der Waals surface area contributed by atoms with Gasteiger partial charge in [-0.05, 0) is 32.1 Å². The van der Waals surface area contributed by atoms with Gasteiger partial charge in [0.1, 0.15) is 6.10 Å². The van der Waals surface area contributed by atoms with Gasteiger partial charge in [-0.3, -0.25) is 9.59 Å². The van der Waals surface area contributed by atoms with Crippen LogP contribution in [-0.4, -0.2) is 35.2 Å². The molecular formula is C11H17NO4. The molecule has 2 aliphatic rings. The Labute approximate surface area is 94.2 Å². The Morgan fingerprint density at radius 2 is 2.12 bits per heavy atom. The van der Waals surface area contributed by atoms with Crippen LogP contribution in [0.4, 0.5) is 0 Å². The maximum Gasteiger partial charge on any atom is 0.305 e. The second kappa shape index (κ2) is 4.41. The Morgan fingerprint density at radius 1 is 1.38 bits per heavy atom. The molecule has 0 unspecified atom stereocenters. The summed E-state index contributed by atoms with van der Waals surface area (Å²) in [4.78, 5) is 22.5. The third-order valence-electron chi connectivity index (χ3n) is 3.41. The van der Waals surface area contributed by atoms with E-state index < -0.39 is 11.5 Å². The highest BCUT2D eigenvalue weighted by Gasteiger charge is 2.41. The normalized spacial score (nSPS) is 27.1. The first kappa shape index (κ1) is 11.4. The standard InChI is InChI=1S/C11H17NO4/c13-9(14)7-11(4-2-5-11)12-10(15)8-3-1-6-16-8/h8H,1-7H2,(H,12,15)(H,13,14)/t8-/m0/s1. The number of hydrogen-bond acceptors (Lipinski definition) is 3. The number of carbonyl (C=O) groups is 2. The molecule has 2 fully saturated rings. The summed E-state index contributed by atoms with van der Waals surface area (Å²) in [6.45, 7) is 0.629. The highest BCUT2D eigenvalue weighted by Crippen LogP contribution is 2.35. The SMILES string of the molecule is O=C(O)CC1(NC(=O)[C@@H]2CCCO2)CCC1. The van der Waals surface area contributed by atoms with E-state index in [-0.39, 0.29) is 18.4 Å². The quantitative estimate of drug-likeness (QED) is 0.740. The Morgan fingerprint density at radius 3 is 2.56 bits per heavy atom. The molecule has 1 atom stereocenters. The van der Waals surface area contributed by atoms with E-state index in [9.17, 15) is 9.59 Å². The Balaban J connectivity index is 1.90. The molecule has 1 saturated heterocycles. The van der Waals surface area contributed by atoms with Gasteiger partial charge in [-0.25, -0.2) is 0 Å². The third-order valence-corrected chi connectivity index (χ3v) is 3.41. The van der Waals surface area contributed by atoms with Gasteiger partial charge in [-0.15, -0.1) is 0 Å². The summed E-state index contributed by atoms with van der Waals surface area (Å²) in [6.07, 6.45) is 3.81. The van der Waals surface area contributed by atoms with E-state index in [0.29, 0.717) is 6.61 Å². The van der Waals surface area contributed by atoms with Crippen LogP contribution in [0.3, 0.4) is 0 Å². The van der Waals surface area contributed by atoms with Crippen molar-refractivity contribution in [3.8, 4) is 0 Å². The van der Waals surface area contributed by atoms with E-state index in [0.717, 1.165) is 32.1 Å². The van der Waals surface area contributed by atoms with Crippen LogP contribution in [0.2, 0.25) is 0 Å². The summed E-state index contributed by atoms with van der Waals surface area (Å²) in [5, 5.41) is 11.7. The number of nitrogens with one attached hydrogen (secondary N) is 1. The van der Waals surface area contributed by atoms with Gasteiger partial charge in [0.05, 0.1) is 12.0 Å². The highest BCUT2D eigenvalue weighted by molar-refractivity contribution is 5.82. The van der Waals surface area contributed by atoms with E-state index in [2.05, 4.69) is 5.32 Å². The molecule has 16 heavy (non-hydrogen) atoms. The number of carboxylic acid groups (broad SMARTS) is 1. The number of carbonyl (C=O) groups excluding carboxylic acids is 1. The summed E-state index contributed by atoms with van der Waals surface area (Å²) in [5.74, 6) is -0.995. The summed E-state index contributed by atoms with van der Waals surface area (Å²) in [6, 6.07) is 0. The van der Waals surface area contributed by atoms with E-state index in [1.807, 2.05) is 0 Å². The van der Waals surface area contributed by atoms with E-state index >= 15 is 0 Å². The fourth-order valence-corrected chi connectivity index (χ4v) is 2.37. The molecule has 0 aromatic heterocycles. The first-order valence-corrected chi connectivity index (χ1v) is 5.77. The van der Waals surface area contributed by atoms with Gasteiger partial charge in [0.2, 0.25) is 5.91 Å². The summed E-state index contributed by atoms with van der Waals surface area (Å²) in [7, 11) is 0. The van der Waals surface area contributed by atoms with Crippen LogP contribution in [0.5, 0.6) is 0 Å². The second-order valence-corrected chi connectivity index (χ2v) is 4.70. The maximum absolute atomic E-state index is 11.8. The molecule has 2 N–H and O–H groups in total. The van der Waals surface area contributed by atoms with Gasteiger partial charge in [0, 0.05) is 6.61 Å². The lowest BCUT2D eigenvalue weighted by atomic mass is 9.74. The largest absolute Gasteiger partial charge is 0.481 e. The minimum absolute atomic E-state index is 0.0193. The number of ether oxygens (including phenoxy) is 1. The highest BCUT2D eigenvalue weighted by atomic mass is 16.5. The third kappa shape index (κ3) is 2.35. The topological polar surface area (TPSA) is 75.6 Å². The zero-order chi connectivity index (χ0) is 11.6. The zero-order valence-electron chi connectivity index (χ0n) is 9.20. The smallest absolute Gasteiger partial charge is 0.305 e. The van der Waals surface area contributed by atoms with Crippen molar-refractivity contribution >= 4 is 11.9 Å². The molecule has 90 valence electrons. The van der Waals surface area contributed by atoms with Crippen LogP contribution in [0, 0.1) is 0 Å². The summed E-state index contributed by atoms with van der Waals surface area (Å²) < 4.78 is 5.27. The van der Waals surface area contributed by atoms with Crippen molar-refractivity contribution in [1.29, 1.82) is 0 Å². The predicted molar refractivity (Wildman–Crippen MR) is 56.0 cm³/mol. The number of hydrogen-bond donors (Lipinski definition) is 2. The van der Waals surface area contributed by atoms with Crippen molar-refractivity contribution in [2.45, 2.75) is 50.2 Å². The van der Waals surface area contributed by atoms with Crippen molar-refractivity contribution < 1.29 is 19.4 Å². The first-order chi connectivity index (χ1) is 7.61. The molecule has 1 heterocycles. The molecule has 1 saturated carbocycles. The first-order valence-electron chi connectivity index (χ1n) is 5.77. The Hall–Kier alpha value is -1.10. The summed E-state index contributed by atoms with van der Waals surface area (Å²) in [5.41, 5.74) is -0.505. The molecule has 2 rings (SSSR count).